The highest BCUT2D eigenvalue weighted by Gasteiger charge is 2.31. The predicted molar refractivity (Wildman–Crippen MR) is 119 cm³/mol. The smallest absolute Gasteiger partial charge is 0.355 e. The monoisotopic (exact) mass is 408 g/mol. The predicted octanol–water partition coefficient (Wildman–Crippen LogP) is 4.56. The van der Waals surface area contributed by atoms with Gasteiger partial charge in [-0.3, -0.25) is 4.79 Å². The third-order valence-electron chi connectivity index (χ3n) is 6.03. The van der Waals surface area contributed by atoms with Gasteiger partial charge in [-0.05, 0) is 57.1 Å². The maximum absolute atomic E-state index is 13.4. The lowest BCUT2D eigenvalue weighted by Crippen LogP contribution is -2.39. The summed E-state index contributed by atoms with van der Waals surface area (Å²) < 4.78 is 7.08. The van der Waals surface area contributed by atoms with E-state index in [4.69, 9.17) is 4.74 Å². The van der Waals surface area contributed by atoms with Crippen LogP contribution < -0.4 is 0 Å². The number of likely N-dealkylation sites (tertiary alicyclic amines) is 1. The molecule has 0 bridgehead atoms. The van der Waals surface area contributed by atoms with E-state index in [0.29, 0.717) is 35.9 Å². The lowest BCUT2D eigenvalue weighted by atomic mass is 9.90. The zero-order chi connectivity index (χ0) is 21.7. The number of hydrogen-bond acceptors (Lipinski definition) is 3. The Labute approximate surface area is 179 Å². The van der Waals surface area contributed by atoms with Crippen molar-refractivity contribution >= 4 is 11.9 Å². The van der Waals surface area contributed by atoms with Crippen molar-refractivity contribution in [3.63, 3.8) is 0 Å². The van der Waals surface area contributed by atoms with Crippen molar-refractivity contribution in [2.75, 3.05) is 19.7 Å². The normalized spacial score (nSPS) is 14.6. The van der Waals surface area contributed by atoms with Crippen LogP contribution in [0, 0.1) is 19.8 Å². The van der Waals surface area contributed by atoms with Crippen LogP contribution in [0.4, 0.5) is 0 Å². The number of allylic oxidation sites excluding steroid dienone is 1. The van der Waals surface area contributed by atoms with Crippen molar-refractivity contribution in [1.82, 2.24) is 9.47 Å². The second-order valence-electron chi connectivity index (χ2n) is 7.98. The van der Waals surface area contributed by atoms with Crippen LogP contribution >= 0.6 is 0 Å². The van der Waals surface area contributed by atoms with E-state index in [1.807, 2.05) is 29.4 Å². The molecule has 1 aromatic heterocycles. The average molecular weight is 409 g/mol. The fraction of sp³-hybridized carbons (Fsp3) is 0.440. The largest absolute Gasteiger partial charge is 0.461 e. The number of ether oxygens (including phenoxy) is 1. The molecule has 0 aliphatic carbocycles. The molecule has 0 unspecified atom stereocenters. The summed E-state index contributed by atoms with van der Waals surface area (Å²) in [5.74, 6) is 0.219. The van der Waals surface area contributed by atoms with E-state index in [2.05, 4.69) is 30.8 Å². The molecule has 0 atom stereocenters. The molecule has 3 rings (SSSR count). The molecule has 1 aliphatic rings. The van der Waals surface area contributed by atoms with Crippen LogP contribution in [0.15, 0.2) is 43.0 Å². The van der Waals surface area contributed by atoms with Crippen LogP contribution in [0.3, 0.4) is 0 Å². The van der Waals surface area contributed by atoms with Gasteiger partial charge in [-0.2, -0.15) is 0 Å². The molecule has 1 aromatic carbocycles. The van der Waals surface area contributed by atoms with Crippen LogP contribution in [0.2, 0.25) is 0 Å². The minimum absolute atomic E-state index is 0.0107. The molecule has 1 saturated heterocycles. The van der Waals surface area contributed by atoms with Crippen LogP contribution in [-0.2, 0) is 17.7 Å². The summed E-state index contributed by atoms with van der Waals surface area (Å²) in [6.45, 7) is 11.6. The highest BCUT2D eigenvalue weighted by Crippen LogP contribution is 2.28. The second-order valence-corrected chi connectivity index (χ2v) is 7.98. The van der Waals surface area contributed by atoms with Gasteiger partial charge in [-0.25, -0.2) is 4.79 Å². The Morgan fingerprint density at radius 2 is 1.83 bits per heavy atom. The molecule has 2 heterocycles. The number of carbonyl (C=O) groups is 2. The second kappa shape index (κ2) is 9.79. The van der Waals surface area contributed by atoms with Crippen LogP contribution in [0.1, 0.15) is 57.4 Å². The Balaban J connectivity index is 1.76. The van der Waals surface area contributed by atoms with Gasteiger partial charge in [0.05, 0.1) is 12.2 Å². The number of benzene rings is 1. The minimum atomic E-state index is -0.388. The van der Waals surface area contributed by atoms with Gasteiger partial charge in [0, 0.05) is 25.3 Å². The summed E-state index contributed by atoms with van der Waals surface area (Å²) in [4.78, 5) is 27.9. The maximum atomic E-state index is 13.4. The first-order chi connectivity index (χ1) is 14.5. The van der Waals surface area contributed by atoms with E-state index in [-0.39, 0.29) is 11.9 Å². The summed E-state index contributed by atoms with van der Waals surface area (Å²) in [6.07, 6.45) is 4.79. The van der Waals surface area contributed by atoms with Gasteiger partial charge in [0.25, 0.3) is 5.91 Å². The van der Waals surface area contributed by atoms with E-state index >= 15 is 0 Å². The summed E-state index contributed by atoms with van der Waals surface area (Å²) in [6, 6.07) is 10.5. The number of esters is 1. The van der Waals surface area contributed by atoms with Gasteiger partial charge in [0.1, 0.15) is 5.69 Å². The number of piperidine rings is 1. The van der Waals surface area contributed by atoms with Crippen molar-refractivity contribution in [2.45, 2.75) is 46.6 Å². The first-order valence-electron chi connectivity index (χ1n) is 10.8. The summed E-state index contributed by atoms with van der Waals surface area (Å²) in [5, 5.41) is 0. The molecule has 1 amide bonds. The van der Waals surface area contributed by atoms with Gasteiger partial charge in [-0.15, -0.1) is 6.58 Å². The molecular formula is C25H32N2O3. The molecule has 0 saturated carbocycles. The molecule has 30 heavy (non-hydrogen) atoms. The molecule has 5 heteroatoms. The first kappa shape index (κ1) is 21.9. The number of nitrogens with zero attached hydrogens (tertiary/aromatic N) is 2. The SMILES string of the molecule is C=CCn1c(C)c(C(=O)N2CCC(Cc3ccccc3)CC2)c(C)c1C(=O)OCC. The van der Waals surface area contributed by atoms with Crippen LogP contribution in [0.5, 0.6) is 0 Å². The zero-order valence-corrected chi connectivity index (χ0v) is 18.3. The van der Waals surface area contributed by atoms with Gasteiger partial charge >= 0.3 is 5.97 Å². The molecule has 0 spiro atoms. The summed E-state index contributed by atoms with van der Waals surface area (Å²) in [7, 11) is 0. The fourth-order valence-corrected chi connectivity index (χ4v) is 4.48. The van der Waals surface area contributed by atoms with Gasteiger partial charge in [0.15, 0.2) is 0 Å². The van der Waals surface area contributed by atoms with E-state index in [9.17, 15) is 9.59 Å². The van der Waals surface area contributed by atoms with Crippen molar-refractivity contribution in [2.24, 2.45) is 5.92 Å². The minimum Gasteiger partial charge on any atom is -0.461 e. The molecule has 160 valence electrons. The summed E-state index contributed by atoms with van der Waals surface area (Å²) in [5.41, 5.74) is 3.93. The van der Waals surface area contributed by atoms with E-state index < -0.39 is 0 Å². The Bertz CT molecular complexity index is 906. The van der Waals surface area contributed by atoms with E-state index in [1.165, 1.54) is 5.56 Å². The van der Waals surface area contributed by atoms with Crippen LogP contribution in [0.25, 0.3) is 0 Å². The molecule has 1 aliphatic heterocycles. The molecule has 1 fully saturated rings. The number of amides is 1. The molecule has 5 nitrogen and oxygen atoms in total. The topological polar surface area (TPSA) is 51.5 Å². The standard InChI is InChI=1S/C25H32N2O3/c1-5-14-27-19(4)22(18(3)23(27)25(29)30-6-2)24(28)26-15-12-21(13-16-26)17-20-10-8-7-9-11-20/h5,7-11,21H,1,6,12-17H2,2-4H3. The quantitative estimate of drug-likeness (QED) is 0.498. The summed E-state index contributed by atoms with van der Waals surface area (Å²) >= 11 is 0. The molecule has 0 radical (unpaired) electrons. The molecule has 0 N–H and O–H groups in total. The Morgan fingerprint density at radius 1 is 1.17 bits per heavy atom. The first-order valence-corrected chi connectivity index (χ1v) is 10.8. The lowest BCUT2D eigenvalue weighted by Gasteiger charge is -2.32. The zero-order valence-electron chi connectivity index (χ0n) is 18.3. The molecular weight excluding hydrogens is 376 g/mol. The number of rotatable bonds is 7. The Morgan fingerprint density at radius 3 is 2.43 bits per heavy atom. The number of hydrogen-bond donors (Lipinski definition) is 0. The third-order valence-corrected chi connectivity index (χ3v) is 6.03. The van der Waals surface area contributed by atoms with Crippen molar-refractivity contribution in [3.8, 4) is 0 Å². The van der Waals surface area contributed by atoms with Crippen molar-refractivity contribution < 1.29 is 14.3 Å². The van der Waals surface area contributed by atoms with Gasteiger partial charge in [-0.1, -0.05) is 36.4 Å². The fourth-order valence-electron chi connectivity index (χ4n) is 4.48. The number of carbonyl (C=O) groups excluding carboxylic acids is 2. The van der Waals surface area contributed by atoms with E-state index in [1.54, 1.807) is 13.0 Å². The van der Waals surface area contributed by atoms with Gasteiger partial charge in [0.2, 0.25) is 0 Å². The van der Waals surface area contributed by atoms with Gasteiger partial charge < -0.3 is 14.2 Å². The highest BCUT2D eigenvalue weighted by atomic mass is 16.5. The molecule has 2 aromatic rings. The van der Waals surface area contributed by atoms with Crippen molar-refractivity contribution in [1.29, 1.82) is 0 Å². The average Bonchev–Trinajstić information content (AvgIpc) is 2.99. The van der Waals surface area contributed by atoms with Crippen molar-refractivity contribution in [3.05, 3.63) is 71.1 Å². The Kier molecular flexibility index (Phi) is 7.14. The lowest BCUT2D eigenvalue weighted by molar-refractivity contribution is 0.0513. The number of aromatic nitrogens is 1. The Hall–Kier alpha value is -2.82. The highest BCUT2D eigenvalue weighted by molar-refractivity contribution is 6.01. The van der Waals surface area contributed by atoms with Crippen LogP contribution in [-0.4, -0.2) is 41.0 Å². The maximum Gasteiger partial charge on any atom is 0.355 e. The van der Waals surface area contributed by atoms with E-state index in [0.717, 1.165) is 38.0 Å². The third kappa shape index (κ3) is 4.50.